The number of amides is 3. The number of hydrogen-bond acceptors (Lipinski definition) is 5. The summed E-state index contributed by atoms with van der Waals surface area (Å²) in [7, 11) is 1.59. The van der Waals surface area contributed by atoms with E-state index in [2.05, 4.69) is 26.6 Å². The first-order chi connectivity index (χ1) is 18.8. The molecule has 204 valence electrons. The minimum atomic E-state index is -0.443. The fourth-order valence-electron chi connectivity index (χ4n) is 4.63. The predicted octanol–water partition coefficient (Wildman–Crippen LogP) is 5.02. The molecule has 8 nitrogen and oxygen atoms in total. The second-order valence-corrected chi connectivity index (χ2v) is 10.3. The molecule has 3 aromatic rings. The molecule has 0 radical (unpaired) electrons. The summed E-state index contributed by atoms with van der Waals surface area (Å²) in [5, 5.41) is 5.87. The smallest absolute Gasteiger partial charge is 0.262 e. The van der Waals surface area contributed by atoms with E-state index in [-0.39, 0.29) is 30.7 Å². The molecule has 0 bridgehead atoms. The second-order valence-electron chi connectivity index (χ2n) is 9.38. The van der Waals surface area contributed by atoms with Crippen molar-refractivity contribution in [3.8, 4) is 11.5 Å². The number of benzene rings is 3. The van der Waals surface area contributed by atoms with Crippen molar-refractivity contribution < 1.29 is 23.9 Å². The molecule has 3 aromatic carbocycles. The van der Waals surface area contributed by atoms with Gasteiger partial charge in [0.15, 0.2) is 6.61 Å². The van der Waals surface area contributed by atoms with Crippen LogP contribution in [0.4, 0.5) is 11.4 Å². The Balaban J connectivity index is 1.29. The Morgan fingerprint density at radius 1 is 1.08 bits per heavy atom. The fraction of sp³-hybridized carbons (Fsp3) is 0.300. The largest absolute Gasteiger partial charge is 0.496 e. The third-order valence-electron chi connectivity index (χ3n) is 6.69. The molecule has 0 aromatic heterocycles. The first-order valence-electron chi connectivity index (χ1n) is 12.8. The summed E-state index contributed by atoms with van der Waals surface area (Å²) in [6.45, 7) is 4.47. The Hall–Kier alpha value is -3.85. The summed E-state index contributed by atoms with van der Waals surface area (Å²) >= 11 is 3.49. The SMILES string of the molecule is CCc1cc(Br)cc(C)c1NC(=O)COc1ccc(N2C[C@H](C(=O)NCc3ccccc3OC)CC2=O)cc1. The van der Waals surface area contributed by atoms with Crippen LogP contribution >= 0.6 is 15.9 Å². The lowest BCUT2D eigenvalue weighted by Gasteiger charge is -2.18. The van der Waals surface area contributed by atoms with Crippen LogP contribution in [0, 0.1) is 12.8 Å². The summed E-state index contributed by atoms with van der Waals surface area (Å²) in [5.41, 5.74) is 4.37. The number of methoxy groups -OCH3 is 1. The number of nitrogens with one attached hydrogen (secondary N) is 2. The van der Waals surface area contributed by atoms with Gasteiger partial charge in [-0.2, -0.15) is 0 Å². The van der Waals surface area contributed by atoms with E-state index in [0.29, 0.717) is 30.3 Å². The number of carbonyl (C=O) groups excluding carboxylic acids is 3. The van der Waals surface area contributed by atoms with E-state index in [9.17, 15) is 14.4 Å². The first-order valence-corrected chi connectivity index (χ1v) is 13.6. The average Bonchev–Trinajstić information content (AvgIpc) is 3.33. The zero-order valence-corrected chi connectivity index (χ0v) is 23.8. The van der Waals surface area contributed by atoms with Gasteiger partial charge in [0, 0.05) is 40.9 Å². The minimum Gasteiger partial charge on any atom is -0.496 e. The van der Waals surface area contributed by atoms with Crippen molar-refractivity contribution in [3.05, 3.63) is 81.8 Å². The molecule has 0 aliphatic carbocycles. The van der Waals surface area contributed by atoms with Gasteiger partial charge in [-0.3, -0.25) is 14.4 Å². The molecule has 0 saturated carbocycles. The van der Waals surface area contributed by atoms with Gasteiger partial charge in [-0.1, -0.05) is 41.1 Å². The third-order valence-corrected chi connectivity index (χ3v) is 7.14. The van der Waals surface area contributed by atoms with E-state index in [4.69, 9.17) is 9.47 Å². The Bertz CT molecular complexity index is 1360. The van der Waals surface area contributed by atoms with E-state index in [0.717, 1.165) is 33.3 Å². The van der Waals surface area contributed by atoms with E-state index >= 15 is 0 Å². The highest BCUT2D eigenvalue weighted by molar-refractivity contribution is 9.10. The minimum absolute atomic E-state index is 0.114. The number of hydrogen-bond donors (Lipinski definition) is 2. The van der Waals surface area contributed by atoms with E-state index in [1.807, 2.05) is 50.2 Å². The normalized spacial score (nSPS) is 14.7. The van der Waals surface area contributed by atoms with Crippen LogP contribution < -0.4 is 25.0 Å². The maximum atomic E-state index is 12.8. The molecule has 4 rings (SSSR count). The van der Waals surface area contributed by atoms with Gasteiger partial charge in [-0.05, 0) is 66.9 Å². The molecule has 3 amide bonds. The number of carbonyl (C=O) groups is 3. The van der Waals surface area contributed by atoms with Gasteiger partial charge < -0.3 is 25.0 Å². The van der Waals surface area contributed by atoms with Gasteiger partial charge in [0.05, 0.1) is 13.0 Å². The van der Waals surface area contributed by atoms with E-state index in [1.54, 1.807) is 36.3 Å². The molecule has 0 unspecified atom stereocenters. The maximum absolute atomic E-state index is 12.8. The number of halogens is 1. The lowest BCUT2D eigenvalue weighted by molar-refractivity contribution is -0.126. The molecule has 1 aliphatic heterocycles. The van der Waals surface area contributed by atoms with Crippen molar-refractivity contribution in [3.63, 3.8) is 0 Å². The molecule has 1 fully saturated rings. The Kier molecular flexibility index (Phi) is 9.24. The Morgan fingerprint density at radius 3 is 2.54 bits per heavy atom. The number of aryl methyl sites for hydroxylation is 2. The van der Waals surface area contributed by atoms with Gasteiger partial charge in [0.25, 0.3) is 5.91 Å². The molecule has 2 N–H and O–H groups in total. The molecule has 9 heteroatoms. The van der Waals surface area contributed by atoms with Gasteiger partial charge in [0.1, 0.15) is 11.5 Å². The molecular formula is C30H32BrN3O5. The van der Waals surface area contributed by atoms with Crippen molar-refractivity contribution in [1.82, 2.24) is 5.32 Å². The van der Waals surface area contributed by atoms with E-state index < -0.39 is 5.92 Å². The quantitative estimate of drug-likeness (QED) is 0.344. The van der Waals surface area contributed by atoms with Gasteiger partial charge in [-0.25, -0.2) is 0 Å². The second kappa shape index (κ2) is 12.8. The first kappa shape index (κ1) is 28.2. The molecular weight excluding hydrogens is 562 g/mol. The van der Waals surface area contributed by atoms with Crippen molar-refractivity contribution in [2.75, 3.05) is 30.5 Å². The molecule has 1 saturated heterocycles. The highest BCUT2D eigenvalue weighted by Gasteiger charge is 2.35. The zero-order valence-electron chi connectivity index (χ0n) is 22.3. The molecule has 0 spiro atoms. The molecule has 1 atom stereocenters. The van der Waals surface area contributed by atoms with Crippen LogP contribution in [-0.2, 0) is 27.3 Å². The van der Waals surface area contributed by atoms with Crippen molar-refractivity contribution in [2.45, 2.75) is 33.2 Å². The summed E-state index contributed by atoms with van der Waals surface area (Å²) in [6, 6.07) is 18.4. The van der Waals surface area contributed by atoms with Crippen molar-refractivity contribution in [2.24, 2.45) is 5.92 Å². The van der Waals surface area contributed by atoms with Crippen LogP contribution in [0.2, 0.25) is 0 Å². The predicted molar refractivity (Wildman–Crippen MR) is 154 cm³/mol. The molecule has 39 heavy (non-hydrogen) atoms. The fourth-order valence-corrected chi connectivity index (χ4v) is 5.25. The number of ether oxygens (including phenoxy) is 2. The Labute approximate surface area is 236 Å². The number of rotatable bonds is 10. The number of para-hydroxylation sites is 1. The lowest BCUT2D eigenvalue weighted by atomic mass is 10.1. The summed E-state index contributed by atoms with van der Waals surface area (Å²) < 4.78 is 12.0. The topological polar surface area (TPSA) is 97.0 Å². The highest BCUT2D eigenvalue weighted by Crippen LogP contribution is 2.28. The van der Waals surface area contributed by atoms with Crippen LogP contribution in [0.15, 0.2) is 65.1 Å². The van der Waals surface area contributed by atoms with Gasteiger partial charge >= 0.3 is 0 Å². The molecule has 1 heterocycles. The third kappa shape index (κ3) is 6.97. The number of nitrogens with zero attached hydrogens (tertiary/aromatic N) is 1. The van der Waals surface area contributed by atoms with Crippen molar-refractivity contribution >= 4 is 45.0 Å². The van der Waals surface area contributed by atoms with Crippen molar-refractivity contribution in [1.29, 1.82) is 0 Å². The summed E-state index contributed by atoms with van der Waals surface area (Å²) in [5.74, 6) is 0.232. The monoisotopic (exact) mass is 593 g/mol. The van der Waals surface area contributed by atoms with E-state index in [1.165, 1.54) is 0 Å². The molecule has 1 aliphatic rings. The van der Waals surface area contributed by atoms with Gasteiger partial charge in [-0.15, -0.1) is 0 Å². The standard InChI is InChI=1S/C30H32BrN3O5/c1-4-20-14-23(31)13-19(2)29(20)33-27(35)18-39-25-11-9-24(10-12-25)34-17-22(15-28(34)36)30(37)32-16-21-7-5-6-8-26(21)38-3/h5-14,22H,4,15-18H2,1-3H3,(H,32,37)(H,33,35)/t22-/m1/s1. The van der Waals surface area contributed by atoms with Crippen LogP contribution in [-0.4, -0.2) is 38.0 Å². The number of anilines is 2. The van der Waals surface area contributed by atoms with Crippen LogP contribution in [0.1, 0.15) is 30.0 Å². The van der Waals surface area contributed by atoms with Crippen LogP contribution in [0.3, 0.4) is 0 Å². The average molecular weight is 595 g/mol. The summed E-state index contributed by atoms with van der Waals surface area (Å²) in [4.78, 5) is 39.6. The Morgan fingerprint density at radius 2 is 1.82 bits per heavy atom. The van der Waals surface area contributed by atoms with Gasteiger partial charge in [0.2, 0.25) is 11.8 Å². The van der Waals surface area contributed by atoms with Crippen LogP contribution in [0.25, 0.3) is 0 Å². The maximum Gasteiger partial charge on any atom is 0.262 e. The highest BCUT2D eigenvalue weighted by atomic mass is 79.9. The van der Waals surface area contributed by atoms with Crippen LogP contribution in [0.5, 0.6) is 11.5 Å². The zero-order chi connectivity index (χ0) is 27.9. The lowest BCUT2D eigenvalue weighted by Crippen LogP contribution is -2.32. The summed E-state index contributed by atoms with van der Waals surface area (Å²) in [6.07, 6.45) is 0.934.